The highest BCUT2D eigenvalue weighted by Crippen LogP contribution is 2.30. The molecule has 1 aromatic carbocycles. The Morgan fingerprint density at radius 2 is 2.29 bits per heavy atom. The Labute approximate surface area is 114 Å². The molecule has 1 unspecified atom stereocenters. The average molecular weight is 318 g/mol. The third kappa shape index (κ3) is 4.69. The lowest BCUT2D eigenvalue weighted by Gasteiger charge is -2.09. The quantitative estimate of drug-likeness (QED) is 0.669. The molecule has 94 valence electrons. The van der Waals surface area contributed by atoms with Gasteiger partial charge in [-0.3, -0.25) is 4.79 Å². The second-order valence-electron chi connectivity index (χ2n) is 3.65. The number of halogens is 1. The van der Waals surface area contributed by atoms with Crippen molar-refractivity contribution in [2.75, 3.05) is 12.9 Å². The van der Waals surface area contributed by atoms with Crippen LogP contribution in [0.1, 0.15) is 24.9 Å². The van der Waals surface area contributed by atoms with E-state index >= 15 is 0 Å². The average Bonchev–Trinajstić information content (AvgIpc) is 2.30. The highest BCUT2D eigenvalue weighted by Gasteiger charge is 2.06. The molecule has 1 rings (SSSR count). The Hall–Kier alpha value is -0.520. The number of carbonyl (C=O) groups is 1. The van der Waals surface area contributed by atoms with Crippen molar-refractivity contribution < 1.29 is 9.53 Å². The summed E-state index contributed by atoms with van der Waals surface area (Å²) in [5.74, 6) is 0.531. The number of nitrogens with two attached hydrogens (primary N) is 1. The number of ether oxygens (including phenoxy) is 1. The van der Waals surface area contributed by atoms with E-state index in [1.807, 2.05) is 25.1 Å². The number of carbonyl (C=O) groups excluding carboxylic acids is 1. The number of esters is 1. The van der Waals surface area contributed by atoms with Gasteiger partial charge < -0.3 is 10.5 Å². The third-order valence-corrected chi connectivity index (χ3v) is 4.27. The fourth-order valence-electron chi connectivity index (χ4n) is 1.26. The van der Waals surface area contributed by atoms with E-state index in [1.165, 1.54) is 7.11 Å². The van der Waals surface area contributed by atoms with Crippen molar-refractivity contribution >= 4 is 33.7 Å². The number of thioether (sulfide) groups is 1. The first-order valence-corrected chi connectivity index (χ1v) is 7.07. The fraction of sp³-hybridized carbons (Fsp3) is 0.417. The van der Waals surface area contributed by atoms with Crippen LogP contribution in [0.5, 0.6) is 0 Å². The molecule has 0 aliphatic rings. The van der Waals surface area contributed by atoms with Crippen LogP contribution in [0, 0.1) is 0 Å². The lowest BCUT2D eigenvalue weighted by atomic mass is 10.1. The smallest absolute Gasteiger partial charge is 0.306 e. The molecule has 0 fully saturated rings. The Kier molecular flexibility index (Phi) is 6.02. The number of benzene rings is 1. The molecule has 5 heteroatoms. The molecule has 17 heavy (non-hydrogen) atoms. The number of hydrogen-bond acceptors (Lipinski definition) is 4. The van der Waals surface area contributed by atoms with Crippen molar-refractivity contribution in [1.82, 2.24) is 0 Å². The molecule has 0 saturated carbocycles. The van der Waals surface area contributed by atoms with Crippen molar-refractivity contribution in [3.05, 3.63) is 28.2 Å². The van der Waals surface area contributed by atoms with Gasteiger partial charge in [0.15, 0.2) is 0 Å². The van der Waals surface area contributed by atoms with E-state index < -0.39 is 0 Å². The summed E-state index contributed by atoms with van der Waals surface area (Å²) in [4.78, 5) is 12.1. The van der Waals surface area contributed by atoms with Gasteiger partial charge in [0.05, 0.1) is 13.5 Å². The van der Waals surface area contributed by atoms with Crippen LogP contribution in [0.4, 0.5) is 0 Å². The van der Waals surface area contributed by atoms with Gasteiger partial charge >= 0.3 is 5.97 Å². The summed E-state index contributed by atoms with van der Waals surface area (Å²) in [5.41, 5.74) is 6.89. The molecule has 0 aliphatic carbocycles. The standard InChI is InChI=1S/C12H16BrNO2S/c1-8(14)9-3-4-11(10(13)7-9)17-6-5-12(15)16-2/h3-4,7-8H,5-6,14H2,1-2H3. The van der Waals surface area contributed by atoms with Gasteiger partial charge in [0.2, 0.25) is 0 Å². The molecule has 3 nitrogen and oxygen atoms in total. The maximum atomic E-state index is 11.0. The van der Waals surface area contributed by atoms with Crippen LogP contribution in [0.2, 0.25) is 0 Å². The third-order valence-electron chi connectivity index (χ3n) is 2.27. The molecule has 1 atom stereocenters. The molecule has 0 saturated heterocycles. The zero-order valence-electron chi connectivity index (χ0n) is 9.90. The SMILES string of the molecule is COC(=O)CCSc1ccc(C(C)N)cc1Br. The van der Waals surface area contributed by atoms with Crippen LogP contribution in [0.25, 0.3) is 0 Å². The molecular weight excluding hydrogens is 302 g/mol. The van der Waals surface area contributed by atoms with Crippen molar-refractivity contribution in [1.29, 1.82) is 0 Å². The van der Waals surface area contributed by atoms with E-state index in [4.69, 9.17) is 5.73 Å². The van der Waals surface area contributed by atoms with Gasteiger partial charge in [-0.1, -0.05) is 6.07 Å². The summed E-state index contributed by atoms with van der Waals surface area (Å²) in [6.07, 6.45) is 0.419. The largest absolute Gasteiger partial charge is 0.469 e. The topological polar surface area (TPSA) is 52.3 Å². The van der Waals surface area contributed by atoms with E-state index in [9.17, 15) is 4.79 Å². The van der Waals surface area contributed by atoms with E-state index in [0.29, 0.717) is 12.2 Å². The van der Waals surface area contributed by atoms with Gasteiger partial charge in [-0.15, -0.1) is 11.8 Å². The molecule has 0 aromatic heterocycles. The lowest BCUT2D eigenvalue weighted by Crippen LogP contribution is -2.04. The fourth-order valence-corrected chi connectivity index (χ4v) is 2.85. The molecular formula is C12H16BrNO2S. The second kappa shape index (κ2) is 7.03. The summed E-state index contributed by atoms with van der Waals surface area (Å²) < 4.78 is 5.60. The summed E-state index contributed by atoms with van der Waals surface area (Å²) in [6.45, 7) is 1.95. The maximum absolute atomic E-state index is 11.0. The molecule has 0 spiro atoms. The lowest BCUT2D eigenvalue weighted by molar-refractivity contribution is -0.140. The Morgan fingerprint density at radius 1 is 1.59 bits per heavy atom. The monoisotopic (exact) mass is 317 g/mol. The molecule has 2 N–H and O–H groups in total. The first-order valence-electron chi connectivity index (χ1n) is 5.29. The first kappa shape index (κ1) is 14.5. The summed E-state index contributed by atoms with van der Waals surface area (Å²) in [6, 6.07) is 6.08. The van der Waals surface area contributed by atoms with E-state index in [-0.39, 0.29) is 12.0 Å². The molecule has 0 aliphatic heterocycles. The van der Waals surface area contributed by atoms with E-state index in [1.54, 1.807) is 11.8 Å². The Morgan fingerprint density at radius 3 is 2.82 bits per heavy atom. The zero-order chi connectivity index (χ0) is 12.8. The number of methoxy groups -OCH3 is 1. The van der Waals surface area contributed by atoms with Gasteiger partial charge in [0.25, 0.3) is 0 Å². The Bertz CT molecular complexity index is 396. The minimum atomic E-state index is -0.180. The van der Waals surface area contributed by atoms with Crippen LogP contribution in [0.3, 0.4) is 0 Å². The predicted octanol–water partition coefficient (Wildman–Crippen LogP) is 3.12. The molecule has 0 amide bonds. The number of rotatable bonds is 5. The van der Waals surface area contributed by atoms with E-state index in [2.05, 4.69) is 20.7 Å². The number of hydrogen-bond donors (Lipinski definition) is 1. The van der Waals surface area contributed by atoms with Crippen molar-refractivity contribution in [3.63, 3.8) is 0 Å². The molecule has 0 radical (unpaired) electrons. The summed E-state index contributed by atoms with van der Waals surface area (Å²) in [5, 5.41) is 0. The van der Waals surface area contributed by atoms with Gasteiger partial charge in [-0.25, -0.2) is 0 Å². The minimum Gasteiger partial charge on any atom is -0.469 e. The summed E-state index contributed by atoms with van der Waals surface area (Å²) >= 11 is 5.13. The maximum Gasteiger partial charge on any atom is 0.306 e. The van der Waals surface area contributed by atoms with Gasteiger partial charge in [-0.2, -0.15) is 0 Å². The molecule has 0 heterocycles. The highest BCUT2D eigenvalue weighted by atomic mass is 79.9. The normalized spacial score (nSPS) is 12.2. The van der Waals surface area contributed by atoms with Crippen LogP contribution in [0.15, 0.2) is 27.6 Å². The van der Waals surface area contributed by atoms with Crippen LogP contribution in [-0.2, 0) is 9.53 Å². The molecule has 0 bridgehead atoms. The van der Waals surface area contributed by atoms with Gasteiger partial charge in [-0.05, 0) is 40.5 Å². The van der Waals surface area contributed by atoms with Crippen molar-refractivity contribution in [2.45, 2.75) is 24.3 Å². The first-order chi connectivity index (χ1) is 8.04. The van der Waals surface area contributed by atoms with Gasteiger partial charge in [0.1, 0.15) is 0 Å². The highest BCUT2D eigenvalue weighted by molar-refractivity contribution is 9.10. The van der Waals surface area contributed by atoms with Gasteiger partial charge in [0, 0.05) is 21.2 Å². The minimum absolute atomic E-state index is 0.0282. The zero-order valence-corrected chi connectivity index (χ0v) is 12.3. The Balaban J connectivity index is 2.57. The van der Waals surface area contributed by atoms with Crippen molar-refractivity contribution in [2.24, 2.45) is 5.73 Å². The second-order valence-corrected chi connectivity index (χ2v) is 5.64. The van der Waals surface area contributed by atoms with Crippen LogP contribution < -0.4 is 5.73 Å². The summed E-state index contributed by atoms with van der Waals surface area (Å²) in [7, 11) is 1.40. The van der Waals surface area contributed by atoms with E-state index in [0.717, 1.165) is 14.9 Å². The van der Waals surface area contributed by atoms with Crippen LogP contribution >= 0.6 is 27.7 Å². The van der Waals surface area contributed by atoms with Crippen LogP contribution in [-0.4, -0.2) is 18.8 Å². The predicted molar refractivity (Wildman–Crippen MR) is 74.1 cm³/mol. The van der Waals surface area contributed by atoms with Crippen molar-refractivity contribution in [3.8, 4) is 0 Å². The molecule has 1 aromatic rings.